The molecule has 0 radical (unpaired) electrons. The molecule has 2 amide bonds. The first-order valence-corrected chi connectivity index (χ1v) is 6.51. The molecule has 1 aliphatic rings. The van der Waals surface area contributed by atoms with Gasteiger partial charge in [-0.25, -0.2) is 0 Å². The maximum atomic E-state index is 11.4. The van der Waals surface area contributed by atoms with Crippen LogP contribution in [0.2, 0.25) is 0 Å². The van der Waals surface area contributed by atoms with Crippen molar-refractivity contribution < 1.29 is 9.59 Å². The lowest BCUT2D eigenvalue weighted by Gasteiger charge is -2.23. The third kappa shape index (κ3) is 3.47. The summed E-state index contributed by atoms with van der Waals surface area (Å²) >= 11 is 0. The third-order valence-electron chi connectivity index (χ3n) is 3.40. The van der Waals surface area contributed by atoms with Crippen LogP contribution >= 0.6 is 0 Å². The van der Waals surface area contributed by atoms with Crippen LogP contribution in [0.5, 0.6) is 0 Å². The van der Waals surface area contributed by atoms with Crippen molar-refractivity contribution in [1.82, 2.24) is 4.90 Å². The van der Waals surface area contributed by atoms with Gasteiger partial charge in [0.1, 0.15) is 0 Å². The molecule has 1 N–H and O–H groups in total. The number of hydrogen-bond acceptors (Lipinski definition) is 3. The van der Waals surface area contributed by atoms with E-state index in [-0.39, 0.29) is 5.91 Å². The Morgan fingerprint density at radius 2 is 1.89 bits per heavy atom. The summed E-state index contributed by atoms with van der Waals surface area (Å²) in [5, 5.41) is 2.62. The first-order chi connectivity index (χ1) is 9.20. The maximum Gasteiger partial charge on any atom is 0.219 e. The molecule has 1 aliphatic heterocycles. The highest BCUT2D eigenvalue weighted by molar-refractivity contribution is 5.73. The number of rotatable bonds is 3. The average molecular weight is 261 g/mol. The van der Waals surface area contributed by atoms with Gasteiger partial charge in [-0.1, -0.05) is 0 Å². The van der Waals surface area contributed by atoms with E-state index in [2.05, 4.69) is 10.2 Å². The Kier molecular flexibility index (Phi) is 4.39. The van der Waals surface area contributed by atoms with Crippen molar-refractivity contribution in [2.45, 2.75) is 13.3 Å². The summed E-state index contributed by atoms with van der Waals surface area (Å²) < 4.78 is 0. The van der Waals surface area contributed by atoms with Crippen molar-refractivity contribution in [1.29, 1.82) is 0 Å². The Bertz CT molecular complexity index is 445. The molecular weight excluding hydrogens is 242 g/mol. The lowest BCUT2D eigenvalue weighted by Crippen LogP contribution is -2.33. The van der Waals surface area contributed by atoms with Gasteiger partial charge in [-0.05, 0) is 30.7 Å². The van der Waals surface area contributed by atoms with Gasteiger partial charge in [0, 0.05) is 44.5 Å². The molecule has 0 aliphatic carbocycles. The molecule has 0 bridgehead atoms. The van der Waals surface area contributed by atoms with E-state index in [1.54, 1.807) is 6.92 Å². The Morgan fingerprint density at radius 1 is 1.16 bits per heavy atom. The van der Waals surface area contributed by atoms with Gasteiger partial charge < -0.3 is 15.1 Å². The smallest absolute Gasteiger partial charge is 0.219 e. The quantitative estimate of drug-likeness (QED) is 0.835. The molecule has 0 aromatic heterocycles. The molecule has 1 heterocycles. The van der Waals surface area contributed by atoms with Crippen molar-refractivity contribution in [3.8, 4) is 0 Å². The predicted octanol–water partition coefficient (Wildman–Crippen LogP) is 1.31. The van der Waals surface area contributed by atoms with Crippen LogP contribution in [0.3, 0.4) is 0 Å². The van der Waals surface area contributed by atoms with Crippen molar-refractivity contribution >= 4 is 23.7 Å². The van der Waals surface area contributed by atoms with Crippen molar-refractivity contribution in [2.75, 3.05) is 36.4 Å². The highest BCUT2D eigenvalue weighted by atomic mass is 16.2. The van der Waals surface area contributed by atoms with Gasteiger partial charge in [0.25, 0.3) is 0 Å². The monoisotopic (exact) mass is 261 g/mol. The summed E-state index contributed by atoms with van der Waals surface area (Å²) in [5.41, 5.74) is 1.92. The molecule has 102 valence electrons. The van der Waals surface area contributed by atoms with Gasteiger partial charge >= 0.3 is 0 Å². The first kappa shape index (κ1) is 13.4. The lowest BCUT2D eigenvalue weighted by molar-refractivity contribution is -0.128. The number of benzene rings is 1. The molecule has 1 fully saturated rings. The van der Waals surface area contributed by atoms with Crippen LogP contribution in [0, 0.1) is 0 Å². The molecular formula is C14H19N3O2. The lowest BCUT2D eigenvalue weighted by atomic mass is 10.2. The normalized spacial score (nSPS) is 15.8. The van der Waals surface area contributed by atoms with Crippen molar-refractivity contribution in [3.05, 3.63) is 24.3 Å². The SMILES string of the molecule is CC(=O)N1CCCN(c2ccc(NC=O)cc2)CC1. The molecule has 1 saturated heterocycles. The van der Waals surface area contributed by atoms with Crippen LogP contribution in [-0.2, 0) is 9.59 Å². The number of nitrogens with zero attached hydrogens (tertiary/aromatic N) is 2. The highest BCUT2D eigenvalue weighted by Gasteiger charge is 2.16. The molecule has 0 spiro atoms. The minimum absolute atomic E-state index is 0.146. The zero-order valence-electron chi connectivity index (χ0n) is 11.1. The minimum Gasteiger partial charge on any atom is -0.370 e. The number of carbonyl (C=O) groups is 2. The Morgan fingerprint density at radius 3 is 2.53 bits per heavy atom. The van der Waals surface area contributed by atoms with Crippen LogP contribution < -0.4 is 10.2 Å². The first-order valence-electron chi connectivity index (χ1n) is 6.51. The second-order valence-electron chi connectivity index (χ2n) is 4.66. The summed E-state index contributed by atoms with van der Waals surface area (Å²) in [6.07, 6.45) is 1.65. The van der Waals surface area contributed by atoms with Gasteiger partial charge in [-0.15, -0.1) is 0 Å². The molecule has 0 atom stereocenters. The number of hydrogen-bond donors (Lipinski definition) is 1. The van der Waals surface area contributed by atoms with Gasteiger partial charge in [0.2, 0.25) is 12.3 Å². The van der Waals surface area contributed by atoms with E-state index in [0.717, 1.165) is 44.0 Å². The Labute approximate surface area is 113 Å². The number of carbonyl (C=O) groups excluding carboxylic acids is 2. The largest absolute Gasteiger partial charge is 0.370 e. The maximum absolute atomic E-state index is 11.4. The molecule has 1 aromatic carbocycles. The molecule has 0 unspecified atom stereocenters. The van der Waals surface area contributed by atoms with Gasteiger partial charge in [-0.3, -0.25) is 9.59 Å². The Hall–Kier alpha value is -2.04. The standard InChI is InChI=1S/C14H19N3O2/c1-12(19)16-7-2-8-17(10-9-16)14-5-3-13(4-6-14)15-11-18/h3-6,11H,2,7-10H2,1H3,(H,15,18). The summed E-state index contributed by atoms with van der Waals surface area (Å²) in [5.74, 6) is 0.146. The summed E-state index contributed by atoms with van der Waals surface area (Å²) in [7, 11) is 0. The molecule has 5 heteroatoms. The zero-order valence-corrected chi connectivity index (χ0v) is 11.1. The van der Waals surface area contributed by atoms with Crippen LogP contribution in [0.15, 0.2) is 24.3 Å². The van der Waals surface area contributed by atoms with Gasteiger partial charge in [0.15, 0.2) is 0 Å². The second-order valence-corrected chi connectivity index (χ2v) is 4.66. The average Bonchev–Trinajstić information content (AvgIpc) is 2.66. The molecule has 2 rings (SSSR count). The predicted molar refractivity (Wildman–Crippen MR) is 75.2 cm³/mol. The summed E-state index contributed by atoms with van der Waals surface area (Å²) in [6.45, 7) is 5.01. The van der Waals surface area contributed by atoms with E-state index in [4.69, 9.17) is 0 Å². The van der Waals surface area contributed by atoms with Gasteiger partial charge in [-0.2, -0.15) is 0 Å². The molecule has 5 nitrogen and oxygen atoms in total. The van der Waals surface area contributed by atoms with Crippen LogP contribution in [0.4, 0.5) is 11.4 Å². The highest BCUT2D eigenvalue weighted by Crippen LogP contribution is 2.19. The van der Waals surface area contributed by atoms with E-state index in [1.807, 2.05) is 29.2 Å². The number of anilines is 2. The van der Waals surface area contributed by atoms with E-state index in [1.165, 1.54) is 0 Å². The number of nitrogens with one attached hydrogen (secondary N) is 1. The van der Waals surface area contributed by atoms with Crippen LogP contribution in [-0.4, -0.2) is 43.4 Å². The van der Waals surface area contributed by atoms with Crippen LogP contribution in [0.25, 0.3) is 0 Å². The Balaban J connectivity index is 2.01. The van der Waals surface area contributed by atoms with E-state index >= 15 is 0 Å². The summed E-state index contributed by atoms with van der Waals surface area (Å²) in [6, 6.07) is 7.76. The second kappa shape index (κ2) is 6.22. The topological polar surface area (TPSA) is 52.7 Å². The number of amides is 2. The third-order valence-corrected chi connectivity index (χ3v) is 3.40. The van der Waals surface area contributed by atoms with E-state index < -0.39 is 0 Å². The minimum atomic E-state index is 0.146. The van der Waals surface area contributed by atoms with Gasteiger partial charge in [0.05, 0.1) is 0 Å². The zero-order chi connectivity index (χ0) is 13.7. The molecule has 19 heavy (non-hydrogen) atoms. The molecule has 1 aromatic rings. The summed E-state index contributed by atoms with van der Waals surface area (Å²) in [4.78, 5) is 25.9. The van der Waals surface area contributed by atoms with Crippen LogP contribution in [0.1, 0.15) is 13.3 Å². The fraction of sp³-hybridized carbons (Fsp3) is 0.429. The fourth-order valence-corrected chi connectivity index (χ4v) is 2.33. The molecule has 0 saturated carbocycles. The van der Waals surface area contributed by atoms with Crippen molar-refractivity contribution in [3.63, 3.8) is 0 Å². The van der Waals surface area contributed by atoms with E-state index in [9.17, 15) is 9.59 Å². The van der Waals surface area contributed by atoms with Crippen molar-refractivity contribution in [2.24, 2.45) is 0 Å². The fourth-order valence-electron chi connectivity index (χ4n) is 2.33. The van der Waals surface area contributed by atoms with E-state index in [0.29, 0.717) is 6.41 Å².